The van der Waals surface area contributed by atoms with Crippen LogP contribution in [0.5, 0.6) is 5.75 Å². The molecular weight excluding hydrogens is 338 g/mol. The van der Waals surface area contributed by atoms with Gasteiger partial charge in [0.15, 0.2) is 5.96 Å². The van der Waals surface area contributed by atoms with Crippen LogP contribution in [0.15, 0.2) is 29.3 Å². The number of piperidine rings is 1. The molecule has 5 nitrogen and oxygen atoms in total. The summed E-state index contributed by atoms with van der Waals surface area (Å²) in [7, 11) is 1.71. The van der Waals surface area contributed by atoms with Crippen molar-refractivity contribution in [2.24, 2.45) is 10.9 Å². The van der Waals surface area contributed by atoms with Crippen LogP contribution >= 0.6 is 0 Å². The number of guanidine groups is 1. The van der Waals surface area contributed by atoms with Crippen molar-refractivity contribution >= 4 is 5.96 Å². The van der Waals surface area contributed by atoms with Crippen molar-refractivity contribution in [1.82, 2.24) is 10.2 Å². The number of hydrogen-bond donors (Lipinski definition) is 1. The predicted octanol–water partition coefficient (Wildman–Crippen LogP) is 3.44. The smallest absolute Gasteiger partial charge is 0.193 e. The lowest BCUT2D eigenvalue weighted by atomic mass is 9.74. The molecule has 1 aromatic rings. The number of aliphatic imine (C=N–C) groups is 1. The van der Waals surface area contributed by atoms with Gasteiger partial charge >= 0.3 is 0 Å². The number of likely N-dealkylation sites (tertiary alicyclic amines) is 1. The number of rotatable bonds is 5. The third kappa shape index (κ3) is 4.95. The average Bonchev–Trinajstić information content (AvgIpc) is 2.72. The van der Waals surface area contributed by atoms with Crippen molar-refractivity contribution in [3.05, 3.63) is 29.8 Å². The lowest BCUT2D eigenvalue weighted by molar-refractivity contribution is 0.0530. The van der Waals surface area contributed by atoms with Gasteiger partial charge in [-0.25, -0.2) is 0 Å². The van der Waals surface area contributed by atoms with E-state index in [4.69, 9.17) is 14.5 Å². The van der Waals surface area contributed by atoms with E-state index in [0.717, 1.165) is 69.9 Å². The third-order valence-electron chi connectivity index (χ3n) is 6.10. The van der Waals surface area contributed by atoms with Crippen LogP contribution in [0.3, 0.4) is 0 Å². The van der Waals surface area contributed by atoms with Gasteiger partial charge in [0, 0.05) is 38.3 Å². The molecule has 2 saturated heterocycles. The monoisotopic (exact) mass is 373 g/mol. The standard InChI is InChI=1S/C22H35N3O2/c1-4-23-21(25-13-9-18(2)10-14-25)24-17-22(11-15-27-16-12-22)19-5-7-20(26-3)8-6-19/h5-8,18H,4,9-17H2,1-3H3,(H,23,24). The molecule has 2 aliphatic rings. The first kappa shape index (κ1) is 20.0. The molecule has 0 saturated carbocycles. The second-order valence-corrected chi connectivity index (χ2v) is 7.96. The van der Waals surface area contributed by atoms with Gasteiger partial charge in [-0.2, -0.15) is 0 Å². The number of methoxy groups -OCH3 is 1. The van der Waals surface area contributed by atoms with Crippen LogP contribution in [0.1, 0.15) is 45.1 Å². The average molecular weight is 374 g/mol. The highest BCUT2D eigenvalue weighted by Gasteiger charge is 2.35. The van der Waals surface area contributed by atoms with Crippen molar-refractivity contribution in [2.45, 2.75) is 44.9 Å². The van der Waals surface area contributed by atoms with Gasteiger partial charge in [-0.3, -0.25) is 4.99 Å². The molecule has 2 heterocycles. The molecule has 0 aliphatic carbocycles. The molecule has 0 bridgehead atoms. The summed E-state index contributed by atoms with van der Waals surface area (Å²) in [5.41, 5.74) is 1.40. The normalized spacial score (nSPS) is 21.1. The summed E-state index contributed by atoms with van der Waals surface area (Å²) in [5, 5.41) is 3.52. The number of ether oxygens (including phenoxy) is 2. The fourth-order valence-corrected chi connectivity index (χ4v) is 4.12. The van der Waals surface area contributed by atoms with Crippen LogP contribution in [0.2, 0.25) is 0 Å². The Bertz CT molecular complexity index is 600. The van der Waals surface area contributed by atoms with E-state index >= 15 is 0 Å². The largest absolute Gasteiger partial charge is 0.497 e. The summed E-state index contributed by atoms with van der Waals surface area (Å²) < 4.78 is 11.0. The van der Waals surface area contributed by atoms with Crippen molar-refractivity contribution in [1.29, 1.82) is 0 Å². The predicted molar refractivity (Wildman–Crippen MR) is 111 cm³/mol. The summed E-state index contributed by atoms with van der Waals surface area (Å²) in [4.78, 5) is 7.56. The summed E-state index contributed by atoms with van der Waals surface area (Å²) in [6.45, 7) is 10.0. The second kappa shape index (κ2) is 9.45. The fraction of sp³-hybridized carbons (Fsp3) is 0.682. The Morgan fingerprint density at radius 3 is 2.48 bits per heavy atom. The van der Waals surface area contributed by atoms with Gasteiger partial charge in [0.1, 0.15) is 5.75 Å². The van der Waals surface area contributed by atoms with Crippen molar-refractivity contribution < 1.29 is 9.47 Å². The minimum Gasteiger partial charge on any atom is -0.497 e. The van der Waals surface area contributed by atoms with E-state index in [2.05, 4.69) is 48.3 Å². The van der Waals surface area contributed by atoms with Gasteiger partial charge in [-0.15, -0.1) is 0 Å². The second-order valence-electron chi connectivity index (χ2n) is 7.96. The Kier molecular flexibility index (Phi) is 7.00. The van der Waals surface area contributed by atoms with E-state index < -0.39 is 0 Å². The molecule has 5 heteroatoms. The molecule has 1 N–H and O–H groups in total. The van der Waals surface area contributed by atoms with E-state index in [1.54, 1.807) is 7.11 Å². The first-order chi connectivity index (χ1) is 13.2. The molecule has 0 radical (unpaired) electrons. The van der Waals surface area contributed by atoms with E-state index in [1.165, 1.54) is 18.4 Å². The molecule has 0 atom stereocenters. The maximum Gasteiger partial charge on any atom is 0.193 e. The van der Waals surface area contributed by atoms with Crippen LogP contribution in [0.25, 0.3) is 0 Å². The summed E-state index contributed by atoms with van der Waals surface area (Å²) >= 11 is 0. The highest BCUT2D eigenvalue weighted by Crippen LogP contribution is 2.36. The molecule has 27 heavy (non-hydrogen) atoms. The minimum atomic E-state index is 0.0499. The molecule has 0 spiro atoms. The summed E-state index contributed by atoms with van der Waals surface area (Å²) in [5.74, 6) is 2.80. The van der Waals surface area contributed by atoms with Crippen LogP contribution in [-0.2, 0) is 10.2 Å². The summed E-state index contributed by atoms with van der Waals surface area (Å²) in [6, 6.07) is 8.53. The Balaban J connectivity index is 1.80. The molecule has 2 fully saturated rings. The fourth-order valence-electron chi connectivity index (χ4n) is 4.12. The maximum atomic E-state index is 5.67. The number of benzene rings is 1. The first-order valence-corrected chi connectivity index (χ1v) is 10.4. The Morgan fingerprint density at radius 2 is 1.89 bits per heavy atom. The van der Waals surface area contributed by atoms with Gasteiger partial charge < -0.3 is 19.7 Å². The lowest BCUT2D eigenvalue weighted by Gasteiger charge is -2.38. The van der Waals surface area contributed by atoms with Crippen LogP contribution in [-0.4, -0.2) is 57.4 Å². The van der Waals surface area contributed by atoms with Gasteiger partial charge in [0.05, 0.1) is 13.7 Å². The Morgan fingerprint density at radius 1 is 1.22 bits per heavy atom. The van der Waals surface area contributed by atoms with Gasteiger partial charge in [-0.1, -0.05) is 19.1 Å². The lowest BCUT2D eigenvalue weighted by Crippen LogP contribution is -2.46. The SMILES string of the molecule is CCNC(=NCC1(c2ccc(OC)cc2)CCOCC1)N1CCC(C)CC1. The van der Waals surface area contributed by atoms with Crippen LogP contribution in [0, 0.1) is 5.92 Å². The molecule has 0 aromatic heterocycles. The molecule has 0 amide bonds. The van der Waals surface area contributed by atoms with E-state index in [0.29, 0.717) is 0 Å². The zero-order chi connectivity index (χ0) is 19.1. The highest BCUT2D eigenvalue weighted by atomic mass is 16.5. The van der Waals surface area contributed by atoms with E-state index in [1.807, 2.05) is 0 Å². The van der Waals surface area contributed by atoms with Crippen LogP contribution < -0.4 is 10.1 Å². The van der Waals surface area contributed by atoms with Crippen LogP contribution in [0.4, 0.5) is 0 Å². The molecule has 0 unspecified atom stereocenters. The quantitative estimate of drug-likeness (QED) is 0.634. The zero-order valence-electron chi connectivity index (χ0n) is 17.2. The van der Waals surface area contributed by atoms with Gasteiger partial charge in [0.2, 0.25) is 0 Å². The van der Waals surface area contributed by atoms with Gasteiger partial charge in [-0.05, 0) is 56.2 Å². The molecule has 3 rings (SSSR count). The van der Waals surface area contributed by atoms with E-state index in [-0.39, 0.29) is 5.41 Å². The first-order valence-electron chi connectivity index (χ1n) is 10.4. The number of hydrogen-bond acceptors (Lipinski definition) is 3. The summed E-state index contributed by atoms with van der Waals surface area (Å²) in [6.07, 6.45) is 4.53. The molecule has 2 aliphatic heterocycles. The van der Waals surface area contributed by atoms with E-state index in [9.17, 15) is 0 Å². The zero-order valence-corrected chi connectivity index (χ0v) is 17.2. The molecule has 150 valence electrons. The minimum absolute atomic E-state index is 0.0499. The number of nitrogens with one attached hydrogen (secondary N) is 1. The molecular formula is C22H35N3O2. The third-order valence-corrected chi connectivity index (χ3v) is 6.10. The maximum absolute atomic E-state index is 5.67. The van der Waals surface area contributed by atoms with Crippen molar-refractivity contribution in [3.8, 4) is 5.75 Å². The number of nitrogens with zero attached hydrogens (tertiary/aromatic N) is 2. The Hall–Kier alpha value is -1.75. The topological polar surface area (TPSA) is 46.1 Å². The van der Waals surface area contributed by atoms with Gasteiger partial charge in [0.25, 0.3) is 0 Å². The van der Waals surface area contributed by atoms with Crippen molar-refractivity contribution in [2.75, 3.05) is 46.5 Å². The molecule has 1 aromatic carbocycles. The van der Waals surface area contributed by atoms with Crippen molar-refractivity contribution in [3.63, 3.8) is 0 Å². The highest BCUT2D eigenvalue weighted by molar-refractivity contribution is 5.80. The Labute approximate surface area is 164 Å².